The maximum atomic E-state index is 12.5. The Balaban J connectivity index is 1.69. The van der Waals surface area contributed by atoms with Crippen molar-refractivity contribution in [1.29, 1.82) is 0 Å². The van der Waals surface area contributed by atoms with Crippen LogP contribution in [0.5, 0.6) is 0 Å². The van der Waals surface area contributed by atoms with Crippen LogP contribution in [0.1, 0.15) is 37.5 Å². The van der Waals surface area contributed by atoms with Gasteiger partial charge in [0.15, 0.2) is 0 Å². The number of carbonyl (C=O) groups is 3. The van der Waals surface area contributed by atoms with E-state index in [4.69, 9.17) is 0 Å². The molecule has 0 saturated carbocycles. The minimum absolute atomic E-state index is 0.0112. The zero-order chi connectivity index (χ0) is 28.7. The molecule has 3 heterocycles. The summed E-state index contributed by atoms with van der Waals surface area (Å²) in [6, 6.07) is 11.4. The fourth-order valence-electron chi connectivity index (χ4n) is 4.29. The normalized spacial score (nSPS) is 10.8. The second-order valence-electron chi connectivity index (χ2n) is 9.73. The molecule has 0 atom stereocenters. The van der Waals surface area contributed by atoms with Crippen molar-refractivity contribution >= 4 is 17.7 Å². The molecule has 3 amide bonds. The number of hydrogen-bond donors (Lipinski definition) is 0. The first-order valence-electron chi connectivity index (χ1n) is 13.5. The molecule has 0 N–H and O–H groups in total. The minimum Gasteiger partial charge on any atom is -0.337 e. The summed E-state index contributed by atoms with van der Waals surface area (Å²) in [5.41, 5.74) is 3.03. The lowest BCUT2D eigenvalue weighted by molar-refractivity contribution is -0.129. The van der Waals surface area contributed by atoms with Crippen molar-refractivity contribution in [2.45, 2.75) is 40.4 Å². The van der Waals surface area contributed by atoms with Gasteiger partial charge in [0, 0.05) is 117 Å². The first-order valence-corrected chi connectivity index (χ1v) is 13.5. The van der Waals surface area contributed by atoms with Gasteiger partial charge in [-0.15, -0.1) is 0 Å². The molecular formula is C30H39N7O3. The SMILES string of the molecule is CC(=O)N(CCN(CCN(Cc1ccncc1)C(C)=O)CCN(Cc1ccncc1)C(C)=O)Cc1ccncc1. The molecule has 3 rings (SSSR count). The Bertz CT molecular complexity index is 1040. The van der Waals surface area contributed by atoms with Crippen LogP contribution in [0.4, 0.5) is 0 Å². The number of aromatic nitrogens is 3. The summed E-state index contributed by atoms with van der Waals surface area (Å²) in [4.78, 5) is 57.2. The summed E-state index contributed by atoms with van der Waals surface area (Å²) >= 11 is 0. The highest BCUT2D eigenvalue weighted by atomic mass is 16.2. The van der Waals surface area contributed by atoms with Crippen LogP contribution in [-0.4, -0.2) is 91.5 Å². The Hall–Kier alpha value is -4.18. The number of pyridine rings is 3. The van der Waals surface area contributed by atoms with E-state index in [1.54, 1.807) is 58.0 Å². The molecule has 40 heavy (non-hydrogen) atoms. The predicted octanol–water partition coefficient (Wildman–Crippen LogP) is 2.62. The molecule has 10 nitrogen and oxygen atoms in total. The van der Waals surface area contributed by atoms with Crippen molar-refractivity contribution in [3.8, 4) is 0 Å². The summed E-state index contributed by atoms with van der Waals surface area (Å²) in [5.74, 6) is -0.0337. The van der Waals surface area contributed by atoms with Crippen LogP contribution in [0.25, 0.3) is 0 Å². The van der Waals surface area contributed by atoms with Gasteiger partial charge in [0.1, 0.15) is 0 Å². The highest BCUT2D eigenvalue weighted by molar-refractivity contribution is 5.74. The van der Waals surface area contributed by atoms with Gasteiger partial charge in [0.2, 0.25) is 17.7 Å². The average molecular weight is 546 g/mol. The smallest absolute Gasteiger partial charge is 0.219 e. The van der Waals surface area contributed by atoms with E-state index in [1.165, 1.54) is 0 Å². The van der Waals surface area contributed by atoms with Crippen molar-refractivity contribution in [1.82, 2.24) is 34.6 Å². The molecule has 3 aromatic rings. The van der Waals surface area contributed by atoms with Crippen LogP contribution in [0.2, 0.25) is 0 Å². The second kappa shape index (κ2) is 16.0. The Kier molecular flexibility index (Phi) is 12.2. The van der Waals surface area contributed by atoms with E-state index in [1.807, 2.05) is 51.1 Å². The molecular weight excluding hydrogens is 506 g/mol. The van der Waals surface area contributed by atoms with E-state index >= 15 is 0 Å². The molecule has 0 fully saturated rings. The number of carbonyl (C=O) groups excluding carboxylic acids is 3. The number of hydrogen-bond acceptors (Lipinski definition) is 7. The van der Waals surface area contributed by atoms with E-state index in [0.29, 0.717) is 58.9 Å². The molecule has 0 bridgehead atoms. The van der Waals surface area contributed by atoms with Gasteiger partial charge in [-0.1, -0.05) is 0 Å². The second-order valence-corrected chi connectivity index (χ2v) is 9.73. The quantitative estimate of drug-likeness (QED) is 0.289. The number of nitrogens with zero attached hydrogens (tertiary/aromatic N) is 7. The lowest BCUT2D eigenvalue weighted by Gasteiger charge is -2.31. The Morgan fingerprint density at radius 2 is 0.725 bits per heavy atom. The van der Waals surface area contributed by atoms with Crippen LogP contribution >= 0.6 is 0 Å². The lowest BCUT2D eigenvalue weighted by atomic mass is 10.2. The van der Waals surface area contributed by atoms with E-state index in [0.717, 1.165) is 16.7 Å². The van der Waals surface area contributed by atoms with E-state index in [2.05, 4.69) is 19.9 Å². The third-order valence-corrected chi connectivity index (χ3v) is 6.76. The van der Waals surface area contributed by atoms with Crippen molar-refractivity contribution in [2.24, 2.45) is 0 Å². The summed E-state index contributed by atoms with van der Waals surface area (Å²) in [6.07, 6.45) is 10.3. The minimum atomic E-state index is -0.0112. The molecule has 0 radical (unpaired) electrons. The molecule has 10 heteroatoms. The first kappa shape index (κ1) is 30.4. The van der Waals surface area contributed by atoms with Gasteiger partial charge < -0.3 is 14.7 Å². The first-order chi connectivity index (χ1) is 19.3. The monoisotopic (exact) mass is 545 g/mol. The fraction of sp³-hybridized carbons (Fsp3) is 0.400. The van der Waals surface area contributed by atoms with E-state index < -0.39 is 0 Å². The van der Waals surface area contributed by atoms with Crippen molar-refractivity contribution < 1.29 is 14.4 Å². The Morgan fingerprint density at radius 1 is 0.475 bits per heavy atom. The summed E-state index contributed by atoms with van der Waals surface area (Å²) in [7, 11) is 0. The number of amides is 3. The number of rotatable bonds is 15. The van der Waals surface area contributed by atoms with Gasteiger partial charge in [-0.3, -0.25) is 34.2 Å². The average Bonchev–Trinajstić information content (AvgIpc) is 2.95. The molecule has 3 aromatic heterocycles. The summed E-state index contributed by atoms with van der Waals surface area (Å²) < 4.78 is 0. The maximum absolute atomic E-state index is 12.5. The van der Waals surface area contributed by atoms with Gasteiger partial charge in [0.25, 0.3) is 0 Å². The topological polar surface area (TPSA) is 103 Å². The zero-order valence-electron chi connectivity index (χ0n) is 23.6. The molecule has 0 aromatic carbocycles. The molecule has 0 saturated heterocycles. The van der Waals surface area contributed by atoms with Crippen LogP contribution in [0.15, 0.2) is 73.6 Å². The van der Waals surface area contributed by atoms with Crippen LogP contribution < -0.4 is 0 Å². The molecule has 0 unspecified atom stereocenters. The van der Waals surface area contributed by atoms with Crippen molar-refractivity contribution in [3.63, 3.8) is 0 Å². The molecule has 0 aliphatic heterocycles. The van der Waals surface area contributed by atoms with Crippen LogP contribution in [0, 0.1) is 0 Å². The highest BCUT2D eigenvalue weighted by Crippen LogP contribution is 2.08. The third-order valence-electron chi connectivity index (χ3n) is 6.76. The van der Waals surface area contributed by atoms with Crippen LogP contribution in [-0.2, 0) is 34.0 Å². The summed E-state index contributed by atoms with van der Waals surface area (Å²) in [6.45, 7) is 9.58. The molecule has 0 spiro atoms. The van der Waals surface area contributed by atoms with Crippen LogP contribution in [0.3, 0.4) is 0 Å². The zero-order valence-corrected chi connectivity index (χ0v) is 23.6. The Labute approximate surface area is 236 Å². The standard InChI is InChI=1S/C30H39N7O3/c1-25(38)35(22-28-4-10-31-11-5-28)19-16-34(17-20-36(26(2)39)23-29-6-12-32-13-7-29)18-21-37(27(3)40)24-30-8-14-33-15-9-30/h4-15H,16-24H2,1-3H3. The molecule has 212 valence electrons. The van der Waals surface area contributed by atoms with Crippen molar-refractivity contribution in [3.05, 3.63) is 90.3 Å². The predicted molar refractivity (Wildman–Crippen MR) is 152 cm³/mol. The van der Waals surface area contributed by atoms with Gasteiger partial charge in [-0.05, 0) is 53.1 Å². The summed E-state index contributed by atoms with van der Waals surface area (Å²) in [5, 5.41) is 0. The Morgan fingerprint density at radius 3 is 0.950 bits per heavy atom. The molecule has 0 aliphatic carbocycles. The largest absolute Gasteiger partial charge is 0.337 e. The van der Waals surface area contributed by atoms with Gasteiger partial charge in [0.05, 0.1) is 0 Å². The fourth-order valence-corrected chi connectivity index (χ4v) is 4.29. The maximum Gasteiger partial charge on any atom is 0.219 e. The van der Waals surface area contributed by atoms with E-state index in [9.17, 15) is 14.4 Å². The molecule has 0 aliphatic rings. The van der Waals surface area contributed by atoms with E-state index in [-0.39, 0.29) is 17.7 Å². The van der Waals surface area contributed by atoms with Gasteiger partial charge in [-0.25, -0.2) is 0 Å². The van der Waals surface area contributed by atoms with Gasteiger partial charge >= 0.3 is 0 Å². The third kappa shape index (κ3) is 10.5. The van der Waals surface area contributed by atoms with Gasteiger partial charge in [-0.2, -0.15) is 0 Å². The lowest BCUT2D eigenvalue weighted by Crippen LogP contribution is -2.45. The van der Waals surface area contributed by atoms with Crippen molar-refractivity contribution in [2.75, 3.05) is 39.3 Å². The highest BCUT2D eigenvalue weighted by Gasteiger charge is 2.18.